The van der Waals surface area contributed by atoms with E-state index >= 15 is 0 Å². The molecule has 2 N–H and O–H groups in total. The number of rotatable bonds is 6. The van der Waals surface area contributed by atoms with Gasteiger partial charge in [-0.2, -0.15) is 0 Å². The number of halogens is 1. The Morgan fingerprint density at radius 3 is 3.00 bits per heavy atom. The van der Waals surface area contributed by atoms with Crippen molar-refractivity contribution in [3.05, 3.63) is 30.1 Å². The van der Waals surface area contributed by atoms with Crippen molar-refractivity contribution in [3.63, 3.8) is 0 Å². The van der Waals surface area contributed by atoms with E-state index in [1.807, 2.05) is 0 Å². The zero-order valence-corrected chi connectivity index (χ0v) is 13.5. The van der Waals surface area contributed by atoms with E-state index in [2.05, 4.69) is 20.8 Å². The Labute approximate surface area is 135 Å². The minimum Gasteiger partial charge on any atom is -0.357 e. The largest absolute Gasteiger partial charge is 0.357 e. The molecule has 0 aliphatic heterocycles. The summed E-state index contributed by atoms with van der Waals surface area (Å²) < 4.78 is 13.8. The maximum Gasteiger partial charge on any atom is 0.237 e. The molecule has 1 aromatic carbocycles. The first-order chi connectivity index (χ1) is 10.6. The van der Waals surface area contributed by atoms with Gasteiger partial charge in [-0.05, 0) is 38.0 Å². The molecule has 0 spiro atoms. The predicted molar refractivity (Wildman–Crippen MR) is 86.9 cm³/mol. The number of nitrogens with one attached hydrogen (secondary N) is 2. The van der Waals surface area contributed by atoms with E-state index in [0.29, 0.717) is 11.7 Å². The van der Waals surface area contributed by atoms with Gasteiger partial charge in [0.2, 0.25) is 11.0 Å². The van der Waals surface area contributed by atoms with Gasteiger partial charge < -0.3 is 10.6 Å². The van der Waals surface area contributed by atoms with Crippen LogP contribution in [-0.2, 0) is 4.79 Å². The van der Waals surface area contributed by atoms with Gasteiger partial charge in [0.1, 0.15) is 5.82 Å². The van der Waals surface area contributed by atoms with Crippen molar-refractivity contribution in [1.82, 2.24) is 10.2 Å². The Balaban J connectivity index is 1.55. The van der Waals surface area contributed by atoms with Gasteiger partial charge in [-0.1, -0.05) is 29.2 Å². The lowest BCUT2D eigenvalue weighted by Crippen LogP contribution is -2.22. The normalized spacial score (nSPS) is 15.4. The highest BCUT2D eigenvalue weighted by Gasteiger charge is 2.23. The highest BCUT2D eigenvalue weighted by Crippen LogP contribution is 2.32. The minimum atomic E-state index is -0.377. The molecule has 1 heterocycles. The molecule has 1 atom stereocenters. The number of nitrogens with zero attached hydrogens (tertiary/aromatic N) is 2. The number of hydrogen-bond donors (Lipinski definition) is 2. The van der Waals surface area contributed by atoms with Crippen LogP contribution in [0.15, 0.2) is 28.6 Å². The van der Waals surface area contributed by atoms with E-state index in [1.54, 1.807) is 19.1 Å². The van der Waals surface area contributed by atoms with E-state index in [4.69, 9.17) is 0 Å². The van der Waals surface area contributed by atoms with Crippen LogP contribution in [0.5, 0.6) is 0 Å². The van der Waals surface area contributed by atoms with Crippen LogP contribution in [0.3, 0.4) is 0 Å². The lowest BCUT2D eigenvalue weighted by molar-refractivity contribution is -0.115. The Morgan fingerprint density at radius 2 is 2.27 bits per heavy atom. The lowest BCUT2D eigenvalue weighted by Gasteiger charge is -2.10. The summed E-state index contributed by atoms with van der Waals surface area (Å²) in [4.78, 5) is 12.1. The molecule has 1 aromatic heterocycles. The Kier molecular flexibility index (Phi) is 4.58. The van der Waals surface area contributed by atoms with Gasteiger partial charge in [0.15, 0.2) is 4.34 Å². The van der Waals surface area contributed by atoms with Crippen LogP contribution >= 0.6 is 23.1 Å². The first-order valence-electron chi connectivity index (χ1n) is 6.93. The molecule has 5 nitrogen and oxygen atoms in total. The third-order valence-electron chi connectivity index (χ3n) is 3.05. The van der Waals surface area contributed by atoms with Crippen LogP contribution in [-0.4, -0.2) is 27.4 Å². The molecule has 2 aromatic rings. The summed E-state index contributed by atoms with van der Waals surface area (Å²) in [5, 5.41) is 14.5. The van der Waals surface area contributed by atoms with Gasteiger partial charge in [0, 0.05) is 11.7 Å². The average molecular weight is 338 g/mol. The predicted octanol–water partition coefficient (Wildman–Crippen LogP) is 3.37. The number of carbonyl (C=O) groups is 1. The second-order valence-corrected chi connectivity index (χ2v) is 7.62. The second-order valence-electron chi connectivity index (χ2n) is 5.05. The molecule has 3 rings (SSSR count). The minimum absolute atomic E-state index is 0.192. The number of thioether (sulfide) groups is 1. The highest BCUT2D eigenvalue weighted by molar-refractivity contribution is 8.02. The fourth-order valence-electron chi connectivity index (χ4n) is 1.73. The van der Waals surface area contributed by atoms with Crippen molar-refractivity contribution in [2.75, 3.05) is 10.6 Å². The second kappa shape index (κ2) is 6.62. The Morgan fingerprint density at radius 1 is 1.45 bits per heavy atom. The number of carbonyl (C=O) groups excluding carboxylic acids is 1. The Hall–Kier alpha value is -1.67. The summed E-state index contributed by atoms with van der Waals surface area (Å²) in [6.07, 6.45) is 2.35. The number of aromatic nitrogens is 2. The van der Waals surface area contributed by atoms with Crippen LogP contribution < -0.4 is 10.6 Å². The zero-order valence-electron chi connectivity index (χ0n) is 11.9. The molecule has 1 saturated carbocycles. The number of amides is 1. The monoisotopic (exact) mass is 338 g/mol. The summed E-state index contributed by atoms with van der Waals surface area (Å²) >= 11 is 2.79. The molecule has 1 amide bonds. The highest BCUT2D eigenvalue weighted by atomic mass is 32.2. The molecule has 1 fully saturated rings. The van der Waals surface area contributed by atoms with E-state index < -0.39 is 0 Å². The van der Waals surface area contributed by atoms with Gasteiger partial charge in [-0.15, -0.1) is 10.2 Å². The first-order valence-corrected chi connectivity index (χ1v) is 8.63. The fourth-order valence-corrected chi connectivity index (χ4v) is 3.71. The van der Waals surface area contributed by atoms with Gasteiger partial charge in [-0.3, -0.25) is 4.79 Å². The maximum absolute atomic E-state index is 13.1. The standard InChI is InChI=1S/C14H15FN4OS2/c1-8(12(20)16-11-4-2-3-9(15)7-11)21-14-19-18-13(22-14)17-10-5-6-10/h2-4,7-8,10H,5-6H2,1H3,(H,16,20)(H,17,18)/t8-/m1/s1. The molecular formula is C14H15FN4OS2. The van der Waals surface area contributed by atoms with E-state index in [9.17, 15) is 9.18 Å². The van der Waals surface area contributed by atoms with E-state index in [1.165, 1.54) is 48.1 Å². The molecule has 1 aliphatic rings. The Bertz CT molecular complexity index is 674. The van der Waals surface area contributed by atoms with Crippen LogP contribution in [0.1, 0.15) is 19.8 Å². The zero-order chi connectivity index (χ0) is 15.5. The number of hydrogen-bond acceptors (Lipinski definition) is 6. The van der Waals surface area contributed by atoms with Crippen molar-refractivity contribution >= 4 is 39.8 Å². The van der Waals surface area contributed by atoms with Crippen LogP contribution in [0, 0.1) is 5.82 Å². The third kappa shape index (κ3) is 4.17. The molecule has 0 saturated heterocycles. The van der Waals surface area contributed by atoms with Gasteiger partial charge in [0.25, 0.3) is 0 Å². The molecule has 0 unspecified atom stereocenters. The summed E-state index contributed by atoms with van der Waals surface area (Å²) in [5.74, 6) is -0.569. The molecular weight excluding hydrogens is 323 g/mol. The molecule has 22 heavy (non-hydrogen) atoms. The summed E-state index contributed by atoms with van der Waals surface area (Å²) in [7, 11) is 0. The average Bonchev–Trinajstić information content (AvgIpc) is 3.18. The van der Waals surface area contributed by atoms with Crippen molar-refractivity contribution in [3.8, 4) is 0 Å². The van der Waals surface area contributed by atoms with Gasteiger partial charge in [0.05, 0.1) is 5.25 Å². The molecule has 116 valence electrons. The first kappa shape index (κ1) is 15.2. The van der Waals surface area contributed by atoms with Crippen molar-refractivity contribution in [2.24, 2.45) is 0 Å². The van der Waals surface area contributed by atoms with Crippen LogP contribution in [0.4, 0.5) is 15.2 Å². The van der Waals surface area contributed by atoms with Crippen molar-refractivity contribution in [1.29, 1.82) is 0 Å². The molecule has 0 radical (unpaired) electrons. The number of benzene rings is 1. The molecule has 0 bridgehead atoms. The quantitative estimate of drug-likeness (QED) is 0.791. The molecule has 1 aliphatic carbocycles. The van der Waals surface area contributed by atoms with Crippen LogP contribution in [0.25, 0.3) is 0 Å². The topological polar surface area (TPSA) is 66.9 Å². The summed E-state index contributed by atoms with van der Waals surface area (Å²) in [6, 6.07) is 6.37. The maximum atomic E-state index is 13.1. The fraction of sp³-hybridized carbons (Fsp3) is 0.357. The van der Waals surface area contributed by atoms with E-state index in [0.717, 1.165) is 9.47 Å². The van der Waals surface area contributed by atoms with Crippen molar-refractivity contribution < 1.29 is 9.18 Å². The lowest BCUT2D eigenvalue weighted by atomic mass is 10.3. The van der Waals surface area contributed by atoms with E-state index in [-0.39, 0.29) is 17.0 Å². The van der Waals surface area contributed by atoms with Gasteiger partial charge in [-0.25, -0.2) is 4.39 Å². The van der Waals surface area contributed by atoms with Crippen molar-refractivity contribution in [2.45, 2.75) is 35.4 Å². The third-order valence-corrected chi connectivity index (χ3v) is 5.09. The summed E-state index contributed by atoms with van der Waals surface area (Å²) in [5.41, 5.74) is 0.450. The number of anilines is 2. The summed E-state index contributed by atoms with van der Waals surface area (Å²) in [6.45, 7) is 1.79. The van der Waals surface area contributed by atoms with Gasteiger partial charge >= 0.3 is 0 Å². The molecule has 8 heteroatoms. The smallest absolute Gasteiger partial charge is 0.237 e. The van der Waals surface area contributed by atoms with Crippen LogP contribution in [0.2, 0.25) is 0 Å². The SMILES string of the molecule is C[C@@H](Sc1nnc(NC2CC2)s1)C(=O)Nc1cccc(F)c1.